The van der Waals surface area contributed by atoms with Crippen molar-refractivity contribution < 1.29 is 15.0 Å². The molecule has 0 amide bonds. The molecule has 2 N–H and O–H groups in total. The smallest absolute Gasteiger partial charge is 0.336 e. The van der Waals surface area contributed by atoms with Gasteiger partial charge in [-0.05, 0) is 17.5 Å². The number of aliphatic hydroxyl groups excluding tert-OH is 1. The molecule has 0 atom stereocenters. The molecule has 0 aliphatic heterocycles. The fourth-order valence-corrected chi connectivity index (χ4v) is 2.33. The number of aliphatic hydroxyl groups is 1. The van der Waals surface area contributed by atoms with Gasteiger partial charge in [-0.1, -0.05) is 30.3 Å². The molecule has 0 fully saturated rings. The van der Waals surface area contributed by atoms with Gasteiger partial charge in [0.15, 0.2) is 0 Å². The molecule has 0 aromatic heterocycles. The molecule has 4 heteroatoms. The zero-order valence-electron chi connectivity index (χ0n) is 11.1. The highest BCUT2D eigenvalue weighted by atomic mass is 16.4. The van der Waals surface area contributed by atoms with Crippen molar-refractivity contribution in [3.05, 3.63) is 54.6 Å². The second-order valence-corrected chi connectivity index (χ2v) is 4.44. The van der Waals surface area contributed by atoms with E-state index in [1.807, 2.05) is 23.1 Å². The maximum atomic E-state index is 11.3. The highest BCUT2D eigenvalue weighted by Crippen LogP contribution is 2.29. The van der Waals surface area contributed by atoms with Crippen molar-refractivity contribution in [2.75, 3.05) is 24.6 Å². The van der Waals surface area contributed by atoms with Crippen LogP contribution in [-0.4, -0.2) is 35.9 Å². The Morgan fingerprint density at radius 3 is 2.50 bits per heavy atom. The summed E-state index contributed by atoms with van der Waals surface area (Å²) >= 11 is 0. The summed E-state index contributed by atoms with van der Waals surface area (Å²) in [7, 11) is 0. The standard InChI is InChI=1S/C16H17NO3/c1-2-9-17(10-11-18)15-8-7-14(16(19)20)12-5-3-4-6-13(12)15/h2-8,18H,1,9-11H2,(H,19,20). The van der Waals surface area contributed by atoms with Crippen molar-refractivity contribution >= 4 is 22.4 Å². The number of fused-ring (bicyclic) bond motifs is 1. The van der Waals surface area contributed by atoms with Gasteiger partial charge < -0.3 is 15.1 Å². The minimum absolute atomic E-state index is 0.0306. The average Bonchev–Trinajstić information content (AvgIpc) is 2.45. The van der Waals surface area contributed by atoms with Gasteiger partial charge in [-0.15, -0.1) is 6.58 Å². The molecule has 0 saturated heterocycles. The SMILES string of the molecule is C=CCN(CCO)c1ccc(C(=O)O)c2ccccc12. The van der Waals surface area contributed by atoms with Gasteiger partial charge in [0.1, 0.15) is 0 Å². The number of nitrogens with zero attached hydrogens (tertiary/aromatic N) is 1. The Bertz CT molecular complexity index is 637. The van der Waals surface area contributed by atoms with Crippen LogP contribution in [0.4, 0.5) is 5.69 Å². The number of benzene rings is 2. The molecule has 2 rings (SSSR count). The van der Waals surface area contributed by atoms with Crippen molar-refractivity contribution in [1.29, 1.82) is 0 Å². The molecule has 2 aromatic rings. The predicted molar refractivity (Wildman–Crippen MR) is 80.4 cm³/mol. The van der Waals surface area contributed by atoms with E-state index in [9.17, 15) is 9.90 Å². The van der Waals surface area contributed by atoms with Crippen molar-refractivity contribution in [3.8, 4) is 0 Å². The quantitative estimate of drug-likeness (QED) is 0.793. The highest BCUT2D eigenvalue weighted by Gasteiger charge is 2.14. The van der Waals surface area contributed by atoms with Gasteiger partial charge in [0.2, 0.25) is 0 Å². The van der Waals surface area contributed by atoms with Crippen LogP contribution in [0.1, 0.15) is 10.4 Å². The molecule has 104 valence electrons. The molecule has 0 aliphatic rings. The molecule has 2 aromatic carbocycles. The maximum absolute atomic E-state index is 11.3. The Kier molecular flexibility index (Phi) is 4.38. The van der Waals surface area contributed by atoms with Crippen LogP contribution in [0.2, 0.25) is 0 Å². The number of carboxylic acid groups (broad SMARTS) is 1. The van der Waals surface area contributed by atoms with Gasteiger partial charge in [-0.25, -0.2) is 4.79 Å². The average molecular weight is 271 g/mol. The first-order chi connectivity index (χ1) is 9.69. The van der Waals surface area contributed by atoms with E-state index >= 15 is 0 Å². The van der Waals surface area contributed by atoms with E-state index in [2.05, 4.69) is 6.58 Å². The van der Waals surface area contributed by atoms with Crippen molar-refractivity contribution in [2.45, 2.75) is 0 Å². The third-order valence-corrected chi connectivity index (χ3v) is 3.19. The number of rotatable bonds is 6. The second kappa shape index (κ2) is 6.21. The zero-order chi connectivity index (χ0) is 14.5. The van der Waals surface area contributed by atoms with Crippen molar-refractivity contribution in [1.82, 2.24) is 0 Å². The molecule has 0 heterocycles. The van der Waals surface area contributed by atoms with E-state index < -0.39 is 5.97 Å². The van der Waals surface area contributed by atoms with Crippen LogP contribution in [0.15, 0.2) is 49.1 Å². The summed E-state index contributed by atoms with van der Waals surface area (Å²) in [5.41, 5.74) is 1.19. The van der Waals surface area contributed by atoms with E-state index in [1.54, 1.807) is 24.3 Å². The molecular weight excluding hydrogens is 254 g/mol. The molecule has 0 aliphatic carbocycles. The highest BCUT2D eigenvalue weighted by molar-refractivity contribution is 6.07. The monoisotopic (exact) mass is 271 g/mol. The van der Waals surface area contributed by atoms with E-state index in [-0.39, 0.29) is 12.2 Å². The molecule has 0 bridgehead atoms. The summed E-state index contributed by atoms with van der Waals surface area (Å²) in [5, 5.41) is 20.0. The Hall–Kier alpha value is -2.33. The van der Waals surface area contributed by atoms with Crippen LogP contribution in [0.3, 0.4) is 0 Å². The first-order valence-electron chi connectivity index (χ1n) is 6.40. The fourth-order valence-electron chi connectivity index (χ4n) is 2.33. The number of hydrogen-bond acceptors (Lipinski definition) is 3. The van der Waals surface area contributed by atoms with E-state index in [0.717, 1.165) is 11.1 Å². The van der Waals surface area contributed by atoms with Gasteiger partial charge in [0.25, 0.3) is 0 Å². The number of hydrogen-bond donors (Lipinski definition) is 2. The summed E-state index contributed by atoms with van der Waals surface area (Å²) in [6.07, 6.45) is 1.76. The number of carboxylic acids is 1. The van der Waals surface area contributed by atoms with Gasteiger partial charge in [-0.3, -0.25) is 0 Å². The maximum Gasteiger partial charge on any atom is 0.336 e. The minimum Gasteiger partial charge on any atom is -0.478 e. The summed E-state index contributed by atoms with van der Waals surface area (Å²) in [6.45, 7) is 4.82. The van der Waals surface area contributed by atoms with Crippen molar-refractivity contribution in [3.63, 3.8) is 0 Å². The summed E-state index contributed by atoms with van der Waals surface area (Å²) in [5.74, 6) is -0.940. The van der Waals surface area contributed by atoms with Crippen LogP contribution < -0.4 is 4.90 Å². The van der Waals surface area contributed by atoms with Crippen LogP contribution >= 0.6 is 0 Å². The van der Waals surface area contributed by atoms with E-state index in [0.29, 0.717) is 18.5 Å². The molecule has 0 radical (unpaired) electrons. The Morgan fingerprint density at radius 2 is 1.90 bits per heavy atom. The Labute approximate surface area is 117 Å². The zero-order valence-corrected chi connectivity index (χ0v) is 11.1. The summed E-state index contributed by atoms with van der Waals surface area (Å²) < 4.78 is 0. The molecule has 0 spiro atoms. The Balaban J connectivity index is 2.62. The molecule has 0 saturated carbocycles. The number of anilines is 1. The first kappa shape index (κ1) is 14.1. The third-order valence-electron chi connectivity index (χ3n) is 3.19. The van der Waals surface area contributed by atoms with Gasteiger partial charge in [-0.2, -0.15) is 0 Å². The summed E-state index contributed by atoms with van der Waals surface area (Å²) in [4.78, 5) is 13.3. The molecular formula is C16H17NO3. The summed E-state index contributed by atoms with van der Waals surface area (Å²) in [6, 6.07) is 10.8. The number of carbonyl (C=O) groups is 1. The number of aromatic carboxylic acids is 1. The van der Waals surface area contributed by atoms with Crippen LogP contribution in [0.25, 0.3) is 10.8 Å². The van der Waals surface area contributed by atoms with E-state index in [4.69, 9.17) is 5.11 Å². The minimum atomic E-state index is -0.940. The second-order valence-electron chi connectivity index (χ2n) is 4.44. The largest absolute Gasteiger partial charge is 0.478 e. The molecule has 4 nitrogen and oxygen atoms in total. The lowest BCUT2D eigenvalue weighted by atomic mass is 10.0. The van der Waals surface area contributed by atoms with Crippen LogP contribution in [0, 0.1) is 0 Å². The predicted octanol–water partition coefficient (Wildman–Crippen LogP) is 2.52. The van der Waals surface area contributed by atoms with Gasteiger partial charge in [0, 0.05) is 24.2 Å². The first-order valence-corrected chi connectivity index (χ1v) is 6.40. The lowest BCUT2D eigenvalue weighted by Gasteiger charge is -2.24. The van der Waals surface area contributed by atoms with Gasteiger partial charge >= 0.3 is 5.97 Å². The van der Waals surface area contributed by atoms with Crippen molar-refractivity contribution in [2.24, 2.45) is 0 Å². The normalized spacial score (nSPS) is 10.4. The van der Waals surface area contributed by atoms with Crippen LogP contribution in [0.5, 0.6) is 0 Å². The molecule has 0 unspecified atom stereocenters. The van der Waals surface area contributed by atoms with Gasteiger partial charge in [0.05, 0.1) is 12.2 Å². The fraction of sp³-hybridized carbons (Fsp3) is 0.188. The third kappa shape index (κ3) is 2.65. The topological polar surface area (TPSA) is 60.8 Å². The van der Waals surface area contributed by atoms with E-state index in [1.165, 1.54) is 0 Å². The lowest BCUT2D eigenvalue weighted by Crippen LogP contribution is -2.27. The lowest BCUT2D eigenvalue weighted by molar-refractivity contribution is 0.0699. The molecule has 20 heavy (non-hydrogen) atoms. The Morgan fingerprint density at radius 1 is 1.20 bits per heavy atom. The van der Waals surface area contributed by atoms with Crippen LogP contribution in [-0.2, 0) is 0 Å².